The zero-order valence-electron chi connectivity index (χ0n) is 12.1. The lowest BCUT2D eigenvalue weighted by molar-refractivity contribution is 0.470. The molecule has 0 unspecified atom stereocenters. The van der Waals surface area contributed by atoms with Crippen molar-refractivity contribution in [1.29, 1.82) is 0 Å². The van der Waals surface area contributed by atoms with Crippen LogP contribution < -0.4 is 4.74 Å². The molecule has 0 saturated carbocycles. The van der Waals surface area contributed by atoms with Gasteiger partial charge in [0.05, 0.1) is 0 Å². The average molecular weight is 254 g/mol. The van der Waals surface area contributed by atoms with E-state index in [1.807, 2.05) is 30.3 Å². The number of para-hydroxylation sites is 1. The van der Waals surface area contributed by atoms with E-state index in [0.29, 0.717) is 0 Å². The summed E-state index contributed by atoms with van der Waals surface area (Å²) in [6, 6.07) is 14.6. The maximum Gasteiger partial charge on any atom is 0.133 e. The molecule has 0 fully saturated rings. The molecule has 1 heteroatoms. The minimum absolute atomic E-state index is 0.913. The molecule has 2 aromatic rings. The van der Waals surface area contributed by atoms with Crippen molar-refractivity contribution in [2.75, 3.05) is 0 Å². The second-order valence-electron chi connectivity index (χ2n) is 4.72. The SMILES string of the molecule is CCc1cc(CC)c(Oc2ccccc2)c(CC)c1. The lowest BCUT2D eigenvalue weighted by atomic mass is 9.99. The van der Waals surface area contributed by atoms with Crippen LogP contribution in [-0.4, -0.2) is 0 Å². The number of hydrogen-bond acceptors (Lipinski definition) is 1. The summed E-state index contributed by atoms with van der Waals surface area (Å²) in [5, 5.41) is 0. The van der Waals surface area contributed by atoms with Crippen molar-refractivity contribution in [3.8, 4) is 11.5 Å². The molecule has 0 aliphatic rings. The third-order valence-electron chi connectivity index (χ3n) is 3.44. The zero-order valence-corrected chi connectivity index (χ0v) is 12.1. The summed E-state index contributed by atoms with van der Waals surface area (Å²) >= 11 is 0. The lowest BCUT2D eigenvalue weighted by Crippen LogP contribution is -1.98. The molecule has 100 valence electrons. The molecule has 0 amide bonds. The van der Waals surface area contributed by atoms with Crippen LogP contribution in [0.25, 0.3) is 0 Å². The molecule has 0 bridgehead atoms. The van der Waals surface area contributed by atoms with Crippen molar-refractivity contribution in [1.82, 2.24) is 0 Å². The molecule has 0 aromatic heterocycles. The molecule has 0 atom stereocenters. The van der Waals surface area contributed by atoms with Gasteiger partial charge in [0.25, 0.3) is 0 Å². The third-order valence-corrected chi connectivity index (χ3v) is 3.44. The number of ether oxygens (including phenoxy) is 1. The van der Waals surface area contributed by atoms with Crippen LogP contribution in [-0.2, 0) is 19.3 Å². The van der Waals surface area contributed by atoms with Gasteiger partial charge in [-0.15, -0.1) is 0 Å². The van der Waals surface area contributed by atoms with E-state index in [4.69, 9.17) is 4.74 Å². The highest BCUT2D eigenvalue weighted by molar-refractivity contribution is 5.47. The first kappa shape index (κ1) is 13.7. The molecule has 0 radical (unpaired) electrons. The van der Waals surface area contributed by atoms with Crippen LogP contribution >= 0.6 is 0 Å². The van der Waals surface area contributed by atoms with Gasteiger partial charge >= 0.3 is 0 Å². The van der Waals surface area contributed by atoms with E-state index in [1.54, 1.807) is 0 Å². The molecule has 0 heterocycles. The van der Waals surface area contributed by atoms with Crippen LogP contribution in [0.15, 0.2) is 42.5 Å². The van der Waals surface area contributed by atoms with Crippen LogP contribution in [0.4, 0.5) is 0 Å². The smallest absolute Gasteiger partial charge is 0.133 e. The zero-order chi connectivity index (χ0) is 13.7. The van der Waals surface area contributed by atoms with Gasteiger partial charge in [-0.3, -0.25) is 0 Å². The van der Waals surface area contributed by atoms with Crippen LogP contribution in [0.3, 0.4) is 0 Å². The molecular weight excluding hydrogens is 232 g/mol. The molecule has 0 aliphatic heterocycles. The Bertz CT molecular complexity index is 504. The first-order valence-electron chi connectivity index (χ1n) is 7.16. The first-order chi connectivity index (χ1) is 9.28. The fraction of sp³-hybridized carbons (Fsp3) is 0.333. The fourth-order valence-electron chi connectivity index (χ4n) is 2.29. The summed E-state index contributed by atoms with van der Waals surface area (Å²) in [5.74, 6) is 1.96. The largest absolute Gasteiger partial charge is 0.457 e. The van der Waals surface area contributed by atoms with Crippen molar-refractivity contribution in [2.45, 2.75) is 40.0 Å². The predicted octanol–water partition coefficient (Wildman–Crippen LogP) is 5.17. The molecular formula is C18H22O. The summed E-state index contributed by atoms with van der Waals surface area (Å²) < 4.78 is 6.12. The van der Waals surface area contributed by atoms with Gasteiger partial charge < -0.3 is 4.74 Å². The van der Waals surface area contributed by atoms with Gasteiger partial charge in [-0.05, 0) is 48.1 Å². The maximum absolute atomic E-state index is 6.12. The highest BCUT2D eigenvalue weighted by Crippen LogP contribution is 2.31. The van der Waals surface area contributed by atoms with Gasteiger partial charge in [0.1, 0.15) is 11.5 Å². The maximum atomic E-state index is 6.12. The van der Waals surface area contributed by atoms with E-state index >= 15 is 0 Å². The summed E-state index contributed by atoms with van der Waals surface area (Å²) in [6.45, 7) is 6.57. The molecule has 19 heavy (non-hydrogen) atoms. The van der Waals surface area contributed by atoms with E-state index in [2.05, 4.69) is 32.9 Å². The fourth-order valence-corrected chi connectivity index (χ4v) is 2.29. The topological polar surface area (TPSA) is 9.23 Å². The van der Waals surface area contributed by atoms with E-state index in [1.165, 1.54) is 16.7 Å². The molecule has 2 rings (SSSR count). The van der Waals surface area contributed by atoms with Crippen molar-refractivity contribution in [3.05, 3.63) is 59.2 Å². The number of hydrogen-bond donors (Lipinski definition) is 0. The summed E-state index contributed by atoms with van der Waals surface area (Å²) in [4.78, 5) is 0. The van der Waals surface area contributed by atoms with E-state index < -0.39 is 0 Å². The van der Waals surface area contributed by atoms with E-state index in [0.717, 1.165) is 30.8 Å². The molecule has 1 nitrogen and oxygen atoms in total. The standard InChI is InChI=1S/C18H22O/c1-4-14-12-15(5-2)18(16(6-3)13-14)19-17-10-8-7-9-11-17/h7-13H,4-6H2,1-3H3. The Hall–Kier alpha value is -1.76. The molecule has 0 N–H and O–H groups in total. The van der Waals surface area contributed by atoms with Crippen LogP contribution in [0.5, 0.6) is 11.5 Å². The van der Waals surface area contributed by atoms with Crippen LogP contribution in [0, 0.1) is 0 Å². The summed E-state index contributed by atoms with van der Waals surface area (Å²) in [5.41, 5.74) is 4.01. The van der Waals surface area contributed by atoms with E-state index in [9.17, 15) is 0 Å². The molecule has 0 saturated heterocycles. The number of rotatable bonds is 5. The third kappa shape index (κ3) is 3.17. The normalized spacial score (nSPS) is 10.5. The van der Waals surface area contributed by atoms with Crippen molar-refractivity contribution in [2.24, 2.45) is 0 Å². The number of benzene rings is 2. The van der Waals surface area contributed by atoms with Crippen LogP contribution in [0.1, 0.15) is 37.5 Å². The second-order valence-corrected chi connectivity index (χ2v) is 4.72. The lowest BCUT2D eigenvalue weighted by Gasteiger charge is -2.16. The van der Waals surface area contributed by atoms with Crippen molar-refractivity contribution in [3.63, 3.8) is 0 Å². The Morgan fingerprint density at radius 1 is 0.789 bits per heavy atom. The molecule has 2 aromatic carbocycles. The summed E-state index contributed by atoms with van der Waals surface area (Å²) in [6.07, 6.45) is 3.08. The Morgan fingerprint density at radius 3 is 1.84 bits per heavy atom. The van der Waals surface area contributed by atoms with Gasteiger partial charge in [0.2, 0.25) is 0 Å². The minimum atomic E-state index is 0.913. The second kappa shape index (κ2) is 6.42. The van der Waals surface area contributed by atoms with Gasteiger partial charge in [0.15, 0.2) is 0 Å². The van der Waals surface area contributed by atoms with Gasteiger partial charge in [-0.2, -0.15) is 0 Å². The van der Waals surface area contributed by atoms with E-state index in [-0.39, 0.29) is 0 Å². The monoisotopic (exact) mass is 254 g/mol. The quantitative estimate of drug-likeness (QED) is 0.715. The van der Waals surface area contributed by atoms with Gasteiger partial charge in [0, 0.05) is 0 Å². The Balaban J connectivity index is 2.42. The van der Waals surface area contributed by atoms with Crippen molar-refractivity contribution >= 4 is 0 Å². The predicted molar refractivity (Wildman–Crippen MR) is 81.1 cm³/mol. The average Bonchev–Trinajstić information content (AvgIpc) is 2.48. The minimum Gasteiger partial charge on any atom is -0.457 e. The van der Waals surface area contributed by atoms with Gasteiger partial charge in [-0.1, -0.05) is 51.1 Å². The highest BCUT2D eigenvalue weighted by atomic mass is 16.5. The Morgan fingerprint density at radius 2 is 1.37 bits per heavy atom. The Labute approximate surface area is 116 Å². The Kier molecular flexibility index (Phi) is 4.62. The van der Waals surface area contributed by atoms with Crippen molar-refractivity contribution < 1.29 is 4.74 Å². The highest BCUT2D eigenvalue weighted by Gasteiger charge is 2.10. The van der Waals surface area contributed by atoms with Crippen LogP contribution in [0.2, 0.25) is 0 Å². The molecule has 0 aliphatic carbocycles. The number of aryl methyl sites for hydroxylation is 3. The summed E-state index contributed by atoms with van der Waals surface area (Å²) in [7, 11) is 0. The molecule has 0 spiro atoms. The first-order valence-corrected chi connectivity index (χ1v) is 7.16. The van der Waals surface area contributed by atoms with Gasteiger partial charge in [-0.25, -0.2) is 0 Å².